The van der Waals surface area contributed by atoms with E-state index in [1.165, 1.54) is 44.5 Å². The van der Waals surface area contributed by atoms with Crippen molar-refractivity contribution in [1.29, 1.82) is 0 Å². The molecule has 4 aromatic rings. The number of hydrogen-bond acceptors (Lipinski definition) is 0. The maximum atomic E-state index is 4.48. The van der Waals surface area contributed by atoms with E-state index in [1.807, 2.05) is 0 Å². The van der Waals surface area contributed by atoms with Crippen LogP contribution < -0.4 is 0 Å². The standard InChI is InChI=1S/C29H24Si.2ClH.Ti/c1-3-30(2,28-24-16-8-4-12-20(24)21-13-5-9-17-25(21)28)29-26-18-10-6-14-22(26)23-15-7-11-19-27(23)29;;;/h3-19,28-29H,1H2,2H3;2*1H;. The third-order valence-corrected chi connectivity index (χ3v) is 12.0. The fourth-order valence-corrected chi connectivity index (χ4v) is 10.5. The molecule has 0 saturated heterocycles. The maximum Gasteiger partial charge on any atom is 0.0983 e. The van der Waals surface area contributed by atoms with Crippen LogP contribution >= 0.6 is 24.8 Å². The molecule has 33 heavy (non-hydrogen) atoms. The van der Waals surface area contributed by atoms with Gasteiger partial charge in [0.1, 0.15) is 0 Å². The Kier molecular flexibility index (Phi) is 7.63. The maximum absolute atomic E-state index is 4.48. The van der Waals surface area contributed by atoms with E-state index in [9.17, 15) is 0 Å². The Morgan fingerprint density at radius 3 is 1.03 bits per heavy atom. The third-order valence-electron chi connectivity index (χ3n) is 7.35. The minimum atomic E-state index is -2.10. The molecule has 0 aliphatic heterocycles. The van der Waals surface area contributed by atoms with Crippen LogP contribution in [0.1, 0.15) is 33.3 Å². The van der Waals surface area contributed by atoms with E-state index >= 15 is 0 Å². The van der Waals surface area contributed by atoms with Gasteiger partial charge in [-0.15, -0.1) is 31.4 Å². The summed E-state index contributed by atoms with van der Waals surface area (Å²) in [6, 6.07) is 36.1. The van der Waals surface area contributed by atoms with Gasteiger partial charge in [-0.2, -0.15) is 0 Å². The number of halogens is 2. The van der Waals surface area contributed by atoms with Crippen molar-refractivity contribution in [2.45, 2.75) is 17.6 Å². The fourth-order valence-electron chi connectivity index (χ4n) is 6.05. The number of fused-ring (bicyclic) bond motifs is 6. The average Bonchev–Trinajstić information content (AvgIpc) is 3.33. The van der Waals surface area contributed by atoms with E-state index in [0.29, 0.717) is 11.1 Å². The van der Waals surface area contributed by atoms with Crippen LogP contribution in [0.15, 0.2) is 109 Å². The minimum Gasteiger partial charge on any atom is -0.147 e. The van der Waals surface area contributed by atoms with E-state index < -0.39 is 8.07 Å². The predicted molar refractivity (Wildman–Crippen MR) is 144 cm³/mol. The molecule has 0 fully saturated rings. The smallest absolute Gasteiger partial charge is 0.0983 e. The van der Waals surface area contributed by atoms with E-state index in [2.05, 4.69) is 116 Å². The van der Waals surface area contributed by atoms with Crippen LogP contribution in [0.3, 0.4) is 0 Å². The summed E-state index contributed by atoms with van der Waals surface area (Å²) in [5, 5.41) is 0. The van der Waals surface area contributed by atoms with E-state index in [0.717, 1.165) is 0 Å². The first-order valence-corrected chi connectivity index (χ1v) is 13.5. The second-order valence-corrected chi connectivity index (χ2v) is 13.1. The van der Waals surface area contributed by atoms with Gasteiger partial charge in [0.15, 0.2) is 0 Å². The average molecular weight is 521 g/mol. The first-order chi connectivity index (χ1) is 14.7. The first-order valence-electron chi connectivity index (χ1n) is 10.7. The van der Waals surface area contributed by atoms with Crippen LogP contribution in [0.2, 0.25) is 6.55 Å². The Bertz CT molecular complexity index is 1130. The summed E-state index contributed by atoms with van der Waals surface area (Å²) < 4.78 is 0. The van der Waals surface area contributed by atoms with Crippen LogP contribution in [0.5, 0.6) is 0 Å². The molecule has 0 heterocycles. The Labute approximate surface area is 224 Å². The second-order valence-electron chi connectivity index (χ2n) is 8.79. The van der Waals surface area contributed by atoms with Crippen molar-refractivity contribution in [3.05, 3.63) is 132 Å². The first kappa shape index (κ1) is 25.7. The summed E-state index contributed by atoms with van der Waals surface area (Å²) in [6.07, 6.45) is 0. The molecule has 0 aromatic heterocycles. The van der Waals surface area contributed by atoms with Crippen molar-refractivity contribution in [2.24, 2.45) is 0 Å². The molecule has 6 rings (SSSR count). The molecule has 0 amide bonds. The topological polar surface area (TPSA) is 0 Å². The third kappa shape index (κ3) is 3.62. The SMILES string of the molecule is C=C[Si](C)(C1c2ccccc2-c2ccccc21)C1c2ccccc2-c2ccccc21.Cl.Cl.[Ti]. The molecule has 164 valence electrons. The largest absolute Gasteiger partial charge is 0.147 e. The van der Waals surface area contributed by atoms with Crippen LogP contribution in [0.4, 0.5) is 0 Å². The summed E-state index contributed by atoms with van der Waals surface area (Å²) in [7, 11) is -2.10. The summed E-state index contributed by atoms with van der Waals surface area (Å²) in [4.78, 5) is 0. The van der Waals surface area contributed by atoms with Crippen molar-refractivity contribution in [2.75, 3.05) is 0 Å². The molecule has 4 heteroatoms. The van der Waals surface area contributed by atoms with Gasteiger partial charge in [-0.1, -0.05) is 109 Å². The number of rotatable bonds is 3. The van der Waals surface area contributed by atoms with Gasteiger partial charge in [-0.3, -0.25) is 0 Å². The molecule has 4 aromatic carbocycles. The van der Waals surface area contributed by atoms with Crippen molar-refractivity contribution in [1.82, 2.24) is 0 Å². The van der Waals surface area contributed by atoms with Gasteiger partial charge in [-0.25, -0.2) is 0 Å². The van der Waals surface area contributed by atoms with Crippen LogP contribution in [0, 0.1) is 0 Å². The molecule has 0 spiro atoms. The van der Waals surface area contributed by atoms with Gasteiger partial charge in [0.05, 0.1) is 8.07 Å². The summed E-state index contributed by atoms with van der Waals surface area (Å²) in [6.45, 7) is 7.02. The van der Waals surface area contributed by atoms with Gasteiger partial charge in [-0.05, 0) is 44.5 Å². The molecule has 0 saturated carbocycles. The molecular weight excluding hydrogens is 495 g/mol. The molecule has 0 radical (unpaired) electrons. The van der Waals surface area contributed by atoms with Crippen molar-refractivity contribution in [3.8, 4) is 22.3 Å². The van der Waals surface area contributed by atoms with E-state index in [1.54, 1.807) is 0 Å². The molecule has 0 unspecified atom stereocenters. The van der Waals surface area contributed by atoms with Crippen molar-refractivity contribution >= 4 is 32.9 Å². The zero-order valence-corrected chi connectivity index (χ0v) is 22.7. The minimum absolute atomic E-state index is 0. The number of hydrogen-bond donors (Lipinski definition) is 0. The molecule has 0 nitrogen and oxygen atoms in total. The monoisotopic (exact) mass is 520 g/mol. The fraction of sp³-hybridized carbons (Fsp3) is 0.103. The molecule has 0 bridgehead atoms. The molecule has 2 aliphatic carbocycles. The Hall–Kier alpha value is -1.87. The Balaban J connectivity index is 0.00000102. The molecular formula is C29H26Cl2SiTi. The summed E-state index contributed by atoms with van der Waals surface area (Å²) in [5.41, 5.74) is 14.7. The summed E-state index contributed by atoms with van der Waals surface area (Å²) >= 11 is 0. The van der Waals surface area contributed by atoms with Gasteiger partial charge in [0.2, 0.25) is 0 Å². The van der Waals surface area contributed by atoms with Crippen molar-refractivity contribution in [3.63, 3.8) is 0 Å². The second kappa shape index (κ2) is 9.78. The van der Waals surface area contributed by atoms with E-state index in [4.69, 9.17) is 0 Å². The number of benzene rings is 4. The Morgan fingerprint density at radius 1 is 0.545 bits per heavy atom. The Morgan fingerprint density at radius 2 is 0.788 bits per heavy atom. The molecule has 2 aliphatic rings. The zero-order valence-electron chi connectivity index (χ0n) is 18.5. The van der Waals surface area contributed by atoms with Crippen molar-refractivity contribution < 1.29 is 21.7 Å². The van der Waals surface area contributed by atoms with Crippen LogP contribution in [-0.4, -0.2) is 8.07 Å². The van der Waals surface area contributed by atoms with Gasteiger partial charge < -0.3 is 0 Å². The molecule has 0 N–H and O–H groups in total. The summed E-state index contributed by atoms with van der Waals surface area (Å²) in [5.74, 6) is 0. The van der Waals surface area contributed by atoms with Gasteiger partial charge >= 0.3 is 0 Å². The molecule has 0 atom stereocenters. The van der Waals surface area contributed by atoms with Crippen LogP contribution in [-0.2, 0) is 21.7 Å². The quantitative estimate of drug-likeness (QED) is 0.238. The predicted octanol–water partition coefficient (Wildman–Crippen LogP) is 8.33. The van der Waals surface area contributed by atoms with E-state index in [-0.39, 0.29) is 46.5 Å². The van der Waals surface area contributed by atoms with Crippen LogP contribution in [0.25, 0.3) is 22.3 Å². The van der Waals surface area contributed by atoms with Gasteiger partial charge in [0, 0.05) is 32.8 Å². The normalized spacial score (nSPS) is 13.4. The zero-order chi connectivity index (χ0) is 20.3. The van der Waals surface area contributed by atoms with Gasteiger partial charge in [0.25, 0.3) is 0 Å².